The third kappa shape index (κ3) is 6.18. The number of likely N-dealkylation sites (N-methyl/N-ethyl adjacent to an activating group) is 1. The molecule has 21 heavy (non-hydrogen) atoms. The molecule has 1 aromatic rings. The largest absolute Gasteiger partial charge is 0.395 e. The zero-order chi connectivity index (χ0) is 15.8. The summed E-state index contributed by atoms with van der Waals surface area (Å²) in [6.07, 6.45) is -2.52. The van der Waals surface area contributed by atoms with Crippen LogP contribution in [0, 0.1) is 6.92 Å². The molecule has 0 saturated heterocycles. The van der Waals surface area contributed by atoms with Crippen LogP contribution in [0.15, 0.2) is 24.3 Å². The van der Waals surface area contributed by atoms with Crippen LogP contribution in [0.5, 0.6) is 0 Å². The van der Waals surface area contributed by atoms with Gasteiger partial charge in [0, 0.05) is 20.1 Å². The summed E-state index contributed by atoms with van der Waals surface area (Å²) < 4.78 is 24.8. The van der Waals surface area contributed by atoms with Crippen molar-refractivity contribution in [1.29, 1.82) is 0 Å². The molecule has 0 aliphatic carbocycles. The van der Waals surface area contributed by atoms with Crippen LogP contribution in [-0.2, 0) is 11.3 Å². The van der Waals surface area contributed by atoms with Crippen molar-refractivity contribution >= 4 is 5.91 Å². The Morgan fingerprint density at radius 1 is 1.33 bits per heavy atom. The average Bonchev–Trinajstić information content (AvgIpc) is 2.40. The summed E-state index contributed by atoms with van der Waals surface area (Å²) >= 11 is 0. The second-order valence-electron chi connectivity index (χ2n) is 5.03. The summed E-state index contributed by atoms with van der Waals surface area (Å²) in [5.74, 6) is -0.243. The summed E-state index contributed by atoms with van der Waals surface area (Å²) in [5, 5.41) is 8.86. The van der Waals surface area contributed by atoms with Crippen LogP contribution in [0.25, 0.3) is 0 Å². The highest BCUT2D eigenvalue weighted by atomic mass is 19.3. The SMILES string of the molecule is Cc1ccccc1CN(C)C(=O)CN(CCO)CC(F)F. The van der Waals surface area contributed by atoms with Crippen molar-refractivity contribution < 1.29 is 18.7 Å². The summed E-state index contributed by atoms with van der Waals surface area (Å²) in [5.41, 5.74) is 2.10. The molecular weight excluding hydrogens is 278 g/mol. The second-order valence-corrected chi connectivity index (χ2v) is 5.03. The fourth-order valence-electron chi connectivity index (χ4n) is 2.01. The van der Waals surface area contributed by atoms with Gasteiger partial charge >= 0.3 is 0 Å². The molecule has 0 bridgehead atoms. The lowest BCUT2D eigenvalue weighted by atomic mass is 10.1. The Kier molecular flexibility index (Phi) is 7.25. The molecule has 0 unspecified atom stereocenters. The van der Waals surface area contributed by atoms with Crippen molar-refractivity contribution in [2.24, 2.45) is 0 Å². The molecule has 0 aliphatic heterocycles. The smallest absolute Gasteiger partial charge is 0.251 e. The normalized spacial score (nSPS) is 11.2. The van der Waals surface area contributed by atoms with Crippen LogP contribution in [0.4, 0.5) is 8.78 Å². The van der Waals surface area contributed by atoms with E-state index in [0.29, 0.717) is 6.54 Å². The van der Waals surface area contributed by atoms with E-state index >= 15 is 0 Å². The molecule has 0 atom stereocenters. The van der Waals surface area contributed by atoms with E-state index in [1.165, 1.54) is 9.80 Å². The van der Waals surface area contributed by atoms with Crippen molar-refractivity contribution in [2.75, 3.05) is 33.3 Å². The first-order valence-corrected chi connectivity index (χ1v) is 6.84. The average molecular weight is 300 g/mol. The Morgan fingerprint density at radius 3 is 2.57 bits per heavy atom. The molecule has 1 aromatic carbocycles. The van der Waals surface area contributed by atoms with Gasteiger partial charge in [0.2, 0.25) is 5.91 Å². The highest BCUT2D eigenvalue weighted by Crippen LogP contribution is 2.10. The first kappa shape index (κ1) is 17.5. The number of halogens is 2. The summed E-state index contributed by atoms with van der Waals surface area (Å²) in [7, 11) is 1.65. The number of carbonyl (C=O) groups is 1. The van der Waals surface area contributed by atoms with Gasteiger partial charge < -0.3 is 10.0 Å². The number of alkyl halides is 2. The lowest BCUT2D eigenvalue weighted by Gasteiger charge is -2.24. The molecule has 118 valence electrons. The minimum absolute atomic E-state index is 0.0638. The minimum atomic E-state index is -2.52. The number of aryl methyl sites for hydroxylation is 1. The van der Waals surface area contributed by atoms with Crippen LogP contribution < -0.4 is 0 Å². The molecule has 0 aromatic heterocycles. The third-order valence-electron chi connectivity index (χ3n) is 3.27. The molecule has 0 saturated carbocycles. The van der Waals surface area contributed by atoms with Gasteiger partial charge in [-0.05, 0) is 18.1 Å². The van der Waals surface area contributed by atoms with E-state index in [1.807, 2.05) is 31.2 Å². The Morgan fingerprint density at radius 2 is 2.00 bits per heavy atom. The first-order valence-electron chi connectivity index (χ1n) is 6.84. The molecule has 1 rings (SSSR count). The maximum atomic E-state index is 12.4. The topological polar surface area (TPSA) is 43.8 Å². The monoisotopic (exact) mass is 300 g/mol. The van der Waals surface area contributed by atoms with E-state index in [0.717, 1.165) is 11.1 Å². The van der Waals surface area contributed by atoms with Crippen molar-refractivity contribution in [3.63, 3.8) is 0 Å². The number of benzene rings is 1. The standard InChI is InChI=1S/C15H22F2N2O2/c1-12-5-3-4-6-13(12)9-18(2)15(21)11-19(7-8-20)10-14(16)17/h3-6,14,20H,7-11H2,1-2H3. The van der Waals surface area contributed by atoms with E-state index in [4.69, 9.17) is 5.11 Å². The number of rotatable bonds is 8. The molecule has 0 spiro atoms. The Balaban J connectivity index is 2.58. The molecule has 0 aliphatic rings. The highest BCUT2D eigenvalue weighted by molar-refractivity contribution is 5.78. The Hall–Kier alpha value is -1.53. The number of aliphatic hydroxyl groups excluding tert-OH is 1. The van der Waals surface area contributed by atoms with E-state index < -0.39 is 13.0 Å². The first-order chi connectivity index (χ1) is 9.93. The van der Waals surface area contributed by atoms with Gasteiger partial charge in [-0.2, -0.15) is 0 Å². The van der Waals surface area contributed by atoms with Crippen molar-refractivity contribution in [3.05, 3.63) is 35.4 Å². The zero-order valence-corrected chi connectivity index (χ0v) is 12.4. The minimum Gasteiger partial charge on any atom is -0.395 e. The summed E-state index contributed by atoms with van der Waals surface area (Å²) in [4.78, 5) is 14.9. The van der Waals surface area contributed by atoms with Gasteiger partial charge in [-0.3, -0.25) is 9.69 Å². The molecule has 4 nitrogen and oxygen atoms in total. The second kappa shape index (κ2) is 8.69. The number of nitrogens with zero attached hydrogens (tertiary/aromatic N) is 2. The van der Waals surface area contributed by atoms with E-state index in [-0.39, 0.29) is 25.6 Å². The zero-order valence-electron chi connectivity index (χ0n) is 12.4. The fourth-order valence-corrected chi connectivity index (χ4v) is 2.01. The van der Waals surface area contributed by atoms with Crippen LogP contribution in [-0.4, -0.2) is 60.5 Å². The van der Waals surface area contributed by atoms with E-state index in [1.54, 1.807) is 7.05 Å². The van der Waals surface area contributed by atoms with Crippen molar-refractivity contribution in [3.8, 4) is 0 Å². The fraction of sp³-hybridized carbons (Fsp3) is 0.533. The van der Waals surface area contributed by atoms with Gasteiger partial charge in [-0.1, -0.05) is 24.3 Å². The van der Waals surface area contributed by atoms with Gasteiger partial charge in [0.1, 0.15) is 0 Å². The van der Waals surface area contributed by atoms with Crippen molar-refractivity contribution in [2.45, 2.75) is 19.9 Å². The van der Waals surface area contributed by atoms with Gasteiger partial charge in [0.15, 0.2) is 0 Å². The van der Waals surface area contributed by atoms with Crippen LogP contribution >= 0.6 is 0 Å². The van der Waals surface area contributed by atoms with Gasteiger partial charge in [0.25, 0.3) is 6.43 Å². The molecule has 0 radical (unpaired) electrons. The number of aliphatic hydroxyl groups is 1. The van der Waals surface area contributed by atoms with Crippen molar-refractivity contribution in [1.82, 2.24) is 9.80 Å². The van der Waals surface area contributed by atoms with Gasteiger partial charge in [-0.15, -0.1) is 0 Å². The molecular formula is C15H22F2N2O2. The molecule has 0 heterocycles. The Bertz CT molecular complexity index is 455. The van der Waals surface area contributed by atoms with E-state index in [2.05, 4.69) is 0 Å². The van der Waals surface area contributed by atoms with E-state index in [9.17, 15) is 13.6 Å². The number of carbonyl (C=O) groups excluding carboxylic acids is 1. The number of hydrogen-bond donors (Lipinski definition) is 1. The molecule has 1 amide bonds. The van der Waals surface area contributed by atoms with Gasteiger partial charge in [0.05, 0.1) is 19.7 Å². The van der Waals surface area contributed by atoms with Gasteiger partial charge in [-0.25, -0.2) is 8.78 Å². The predicted octanol–water partition coefficient (Wildman–Crippen LogP) is 1.51. The maximum absolute atomic E-state index is 12.4. The quantitative estimate of drug-likeness (QED) is 0.791. The lowest BCUT2D eigenvalue weighted by Crippen LogP contribution is -2.41. The lowest BCUT2D eigenvalue weighted by molar-refractivity contribution is -0.132. The number of amides is 1. The molecule has 1 N–H and O–H groups in total. The number of hydrogen-bond acceptors (Lipinski definition) is 3. The van der Waals surface area contributed by atoms with Crippen LogP contribution in [0.2, 0.25) is 0 Å². The van der Waals surface area contributed by atoms with Crippen LogP contribution in [0.3, 0.4) is 0 Å². The van der Waals surface area contributed by atoms with Crippen LogP contribution in [0.1, 0.15) is 11.1 Å². The Labute approximate surface area is 124 Å². The predicted molar refractivity (Wildman–Crippen MR) is 77.2 cm³/mol. The third-order valence-corrected chi connectivity index (χ3v) is 3.27. The maximum Gasteiger partial charge on any atom is 0.251 e. The summed E-state index contributed by atoms with van der Waals surface area (Å²) in [6.45, 7) is 1.59. The molecule has 0 fully saturated rings. The highest BCUT2D eigenvalue weighted by Gasteiger charge is 2.18. The summed E-state index contributed by atoms with van der Waals surface area (Å²) in [6, 6.07) is 7.72. The molecule has 6 heteroatoms.